The molecule has 1 amide bonds. The minimum Gasteiger partial charge on any atom is -0.481 e. The van der Waals surface area contributed by atoms with Crippen LogP contribution in [0.5, 0.6) is 0 Å². The van der Waals surface area contributed by atoms with Gasteiger partial charge in [-0.3, -0.25) is 19.3 Å². The highest BCUT2D eigenvalue weighted by molar-refractivity contribution is 7.90. The van der Waals surface area contributed by atoms with Crippen molar-refractivity contribution in [3.63, 3.8) is 0 Å². The number of rotatable bonds is 6. The fraction of sp³-hybridized carbons (Fsp3) is 0.500. The second kappa shape index (κ2) is 8.08. The summed E-state index contributed by atoms with van der Waals surface area (Å²) >= 11 is 0. The van der Waals surface area contributed by atoms with Crippen LogP contribution < -0.4 is 10.0 Å². The Hall–Kier alpha value is -2.42. The average Bonchev–Trinajstić information content (AvgIpc) is 2.90. The van der Waals surface area contributed by atoms with E-state index in [2.05, 4.69) is 15.0 Å². The third-order valence-corrected chi connectivity index (χ3v) is 6.33. The van der Waals surface area contributed by atoms with Crippen LogP contribution in [-0.2, 0) is 19.6 Å². The van der Waals surface area contributed by atoms with Gasteiger partial charge in [0.2, 0.25) is 5.91 Å². The lowest BCUT2D eigenvalue weighted by molar-refractivity contribution is -0.142. The quantitative estimate of drug-likeness (QED) is 0.628. The van der Waals surface area contributed by atoms with Crippen molar-refractivity contribution in [3.05, 3.63) is 29.8 Å². The van der Waals surface area contributed by atoms with Gasteiger partial charge in [0.15, 0.2) is 0 Å². The molecule has 1 heterocycles. The number of fused-ring (bicyclic) bond motifs is 1. The van der Waals surface area contributed by atoms with Crippen molar-refractivity contribution >= 4 is 27.7 Å². The van der Waals surface area contributed by atoms with Crippen molar-refractivity contribution < 1.29 is 23.1 Å². The summed E-state index contributed by atoms with van der Waals surface area (Å²) in [4.78, 5) is 27.5. The summed E-state index contributed by atoms with van der Waals surface area (Å²) in [5.41, 5.74) is 0.553. The molecule has 1 aromatic rings. The summed E-state index contributed by atoms with van der Waals surface area (Å²) in [5, 5.41) is 11.9. The second-order valence-corrected chi connectivity index (χ2v) is 8.54. The number of aliphatic carboxylic acids is 1. The molecule has 0 radical (unpaired) electrons. The molecule has 0 aromatic heterocycles. The van der Waals surface area contributed by atoms with Gasteiger partial charge in [-0.25, -0.2) is 8.42 Å². The van der Waals surface area contributed by atoms with Crippen LogP contribution in [0, 0.1) is 5.92 Å². The van der Waals surface area contributed by atoms with Crippen molar-refractivity contribution in [1.29, 1.82) is 0 Å². The lowest BCUT2D eigenvalue weighted by atomic mass is 9.86. The first-order valence-electron chi connectivity index (χ1n) is 9.05. The van der Waals surface area contributed by atoms with Crippen LogP contribution in [0.1, 0.15) is 44.1 Å². The number of nitrogens with one attached hydrogen (secondary N) is 2. The Morgan fingerprint density at radius 3 is 2.59 bits per heavy atom. The minimum atomic E-state index is -3.54. The third kappa shape index (κ3) is 4.65. The number of benzene rings is 1. The highest BCUT2D eigenvalue weighted by Gasteiger charge is 2.30. The molecule has 0 atom stereocenters. The number of carboxylic acids is 1. The van der Waals surface area contributed by atoms with Gasteiger partial charge in [-0.1, -0.05) is 12.1 Å². The highest BCUT2D eigenvalue weighted by atomic mass is 32.2. The van der Waals surface area contributed by atoms with E-state index in [4.69, 9.17) is 5.11 Å². The molecule has 3 N–H and O–H groups in total. The van der Waals surface area contributed by atoms with E-state index < -0.39 is 16.0 Å². The number of aliphatic imine (C=N–C) groups is 1. The maximum absolute atomic E-state index is 12.0. The first kappa shape index (κ1) is 19.3. The Labute approximate surface area is 158 Å². The fourth-order valence-electron chi connectivity index (χ4n) is 3.47. The molecular weight excluding hydrogens is 370 g/mol. The van der Waals surface area contributed by atoms with Crippen LogP contribution in [0.25, 0.3) is 0 Å². The van der Waals surface area contributed by atoms with Gasteiger partial charge in [-0.2, -0.15) is 0 Å². The Bertz CT molecular complexity index is 858. The van der Waals surface area contributed by atoms with Gasteiger partial charge in [-0.05, 0) is 44.2 Å². The van der Waals surface area contributed by atoms with Gasteiger partial charge < -0.3 is 10.4 Å². The molecule has 9 heteroatoms. The standard InChI is InChI=1S/C18H23N3O5S/c22-16(20-13-9-7-12(8-10-13)18(23)24)6-3-11-19-17-14-4-1-2-5-15(14)27(25,26)21-17/h1-2,4-5,12-13H,3,6-11H2,(H,19,21)(H,20,22)(H,23,24). The van der Waals surface area contributed by atoms with Crippen LogP contribution >= 0.6 is 0 Å². The van der Waals surface area contributed by atoms with Crippen molar-refractivity contribution in [1.82, 2.24) is 10.0 Å². The van der Waals surface area contributed by atoms with Crippen LogP contribution in [0.4, 0.5) is 0 Å². The molecule has 0 bridgehead atoms. The molecule has 27 heavy (non-hydrogen) atoms. The Balaban J connectivity index is 1.44. The van der Waals surface area contributed by atoms with Crippen LogP contribution in [-0.4, -0.2) is 43.8 Å². The lowest BCUT2D eigenvalue weighted by Crippen LogP contribution is -2.38. The topological polar surface area (TPSA) is 125 Å². The minimum absolute atomic E-state index is 0.0351. The zero-order valence-corrected chi connectivity index (χ0v) is 15.7. The van der Waals surface area contributed by atoms with Crippen molar-refractivity contribution in [2.45, 2.75) is 49.5 Å². The Morgan fingerprint density at radius 2 is 1.89 bits per heavy atom. The number of carbonyl (C=O) groups excluding carboxylic acids is 1. The van der Waals surface area contributed by atoms with Crippen molar-refractivity contribution in [2.75, 3.05) is 6.54 Å². The Kier molecular flexibility index (Phi) is 5.79. The summed E-state index contributed by atoms with van der Waals surface area (Å²) in [6.45, 7) is 0.339. The van der Waals surface area contributed by atoms with Gasteiger partial charge >= 0.3 is 5.97 Å². The molecule has 146 valence electrons. The van der Waals surface area contributed by atoms with E-state index in [-0.39, 0.29) is 22.8 Å². The Morgan fingerprint density at radius 1 is 1.19 bits per heavy atom. The number of amides is 1. The first-order chi connectivity index (χ1) is 12.9. The van der Waals surface area contributed by atoms with Crippen LogP contribution in [0.15, 0.2) is 34.2 Å². The maximum atomic E-state index is 12.0. The lowest BCUT2D eigenvalue weighted by Gasteiger charge is -2.26. The molecular formula is C18H23N3O5S. The number of hydrogen-bond acceptors (Lipinski definition) is 5. The van der Waals surface area contributed by atoms with E-state index in [1.165, 1.54) is 6.07 Å². The smallest absolute Gasteiger partial charge is 0.306 e. The fourth-order valence-corrected chi connectivity index (χ4v) is 4.72. The second-order valence-electron chi connectivity index (χ2n) is 6.89. The number of nitrogens with zero attached hydrogens (tertiary/aromatic N) is 1. The summed E-state index contributed by atoms with van der Waals surface area (Å²) < 4.78 is 26.4. The molecule has 0 spiro atoms. The van der Waals surface area contributed by atoms with E-state index in [9.17, 15) is 18.0 Å². The van der Waals surface area contributed by atoms with Gasteiger partial charge in [0.05, 0.1) is 10.8 Å². The molecule has 1 aromatic carbocycles. The number of amidine groups is 1. The molecule has 1 fully saturated rings. The van der Waals surface area contributed by atoms with Gasteiger partial charge in [-0.15, -0.1) is 0 Å². The highest BCUT2D eigenvalue weighted by Crippen LogP contribution is 2.24. The van der Waals surface area contributed by atoms with E-state index in [1.807, 2.05) is 0 Å². The molecule has 2 aliphatic rings. The summed E-state index contributed by atoms with van der Waals surface area (Å²) in [6, 6.07) is 6.69. The molecule has 0 saturated heterocycles. The number of sulfonamides is 1. The number of carbonyl (C=O) groups is 2. The normalized spacial score (nSPS) is 24.8. The number of carboxylic acid groups (broad SMARTS) is 1. The summed E-state index contributed by atoms with van der Waals surface area (Å²) in [6.07, 6.45) is 3.35. The molecule has 1 aliphatic carbocycles. The van der Waals surface area contributed by atoms with Crippen molar-refractivity contribution in [3.8, 4) is 0 Å². The SMILES string of the molecule is O=C(CCCN=C1NS(=O)(=O)c2ccccc21)NC1CCC(C(=O)O)CC1. The predicted octanol–water partition coefficient (Wildman–Crippen LogP) is 1.26. The summed E-state index contributed by atoms with van der Waals surface area (Å²) in [5.74, 6) is -0.825. The molecule has 0 unspecified atom stereocenters. The molecule has 1 saturated carbocycles. The predicted molar refractivity (Wildman–Crippen MR) is 98.9 cm³/mol. The average molecular weight is 393 g/mol. The third-order valence-electron chi connectivity index (χ3n) is 4.94. The van der Waals surface area contributed by atoms with E-state index in [0.717, 1.165) is 0 Å². The van der Waals surface area contributed by atoms with E-state index >= 15 is 0 Å². The monoisotopic (exact) mass is 393 g/mol. The van der Waals surface area contributed by atoms with Crippen LogP contribution in [0.3, 0.4) is 0 Å². The van der Waals surface area contributed by atoms with Gasteiger partial charge in [0.25, 0.3) is 10.0 Å². The van der Waals surface area contributed by atoms with Crippen molar-refractivity contribution in [2.24, 2.45) is 10.9 Å². The largest absolute Gasteiger partial charge is 0.481 e. The van der Waals surface area contributed by atoms with E-state index in [0.29, 0.717) is 56.5 Å². The first-order valence-corrected chi connectivity index (χ1v) is 10.5. The number of hydrogen-bond donors (Lipinski definition) is 3. The molecule has 1 aliphatic heterocycles. The molecule has 8 nitrogen and oxygen atoms in total. The zero-order chi connectivity index (χ0) is 19.4. The van der Waals surface area contributed by atoms with E-state index in [1.54, 1.807) is 18.2 Å². The maximum Gasteiger partial charge on any atom is 0.306 e. The zero-order valence-electron chi connectivity index (χ0n) is 14.8. The van der Waals surface area contributed by atoms with Gasteiger partial charge in [0, 0.05) is 24.6 Å². The van der Waals surface area contributed by atoms with Gasteiger partial charge in [0.1, 0.15) is 5.84 Å². The molecule has 3 rings (SSSR count). The van der Waals surface area contributed by atoms with Crippen LogP contribution in [0.2, 0.25) is 0 Å². The summed E-state index contributed by atoms with van der Waals surface area (Å²) in [7, 11) is -3.54.